The van der Waals surface area contributed by atoms with Gasteiger partial charge >= 0.3 is 0 Å². The minimum absolute atomic E-state index is 0.0390. The van der Waals surface area contributed by atoms with Gasteiger partial charge in [0.05, 0.1) is 13.2 Å². The Kier molecular flexibility index (Phi) is 5.16. The molecule has 0 radical (unpaired) electrons. The smallest absolute Gasteiger partial charge is 0.253 e. The van der Waals surface area contributed by atoms with Crippen LogP contribution in [0.1, 0.15) is 29.6 Å². The number of hydrogen-bond donors (Lipinski definition) is 1. The van der Waals surface area contributed by atoms with E-state index in [2.05, 4.69) is 0 Å². The van der Waals surface area contributed by atoms with E-state index in [4.69, 9.17) is 10.5 Å². The summed E-state index contributed by atoms with van der Waals surface area (Å²) in [5.41, 5.74) is 6.64. The first-order valence-electron chi connectivity index (χ1n) is 8.56. The highest BCUT2D eigenvalue weighted by molar-refractivity contribution is 5.94. The van der Waals surface area contributed by atoms with E-state index in [0.29, 0.717) is 64.2 Å². The lowest BCUT2D eigenvalue weighted by Gasteiger charge is -2.40. The third-order valence-corrected chi connectivity index (χ3v) is 4.93. The quantitative estimate of drug-likeness (QED) is 0.892. The van der Waals surface area contributed by atoms with Gasteiger partial charge in [0, 0.05) is 43.7 Å². The third-order valence-electron chi connectivity index (χ3n) is 4.93. The Bertz CT molecular complexity index is 576. The average Bonchev–Trinajstić information content (AvgIpc) is 2.63. The molecule has 2 saturated heterocycles. The minimum atomic E-state index is -0.511. The zero-order valence-electron chi connectivity index (χ0n) is 13.9. The number of rotatable bonds is 3. The van der Waals surface area contributed by atoms with Crippen LogP contribution in [0.2, 0.25) is 0 Å². The van der Waals surface area contributed by atoms with Crippen LogP contribution in [0.25, 0.3) is 0 Å². The number of nitrogens with two attached hydrogens (primary N) is 1. The van der Waals surface area contributed by atoms with Gasteiger partial charge in [-0.25, -0.2) is 0 Å². The van der Waals surface area contributed by atoms with Gasteiger partial charge in [0.25, 0.3) is 5.91 Å². The highest BCUT2D eigenvalue weighted by Crippen LogP contribution is 2.25. The molecule has 24 heavy (non-hydrogen) atoms. The number of amides is 2. The molecule has 2 heterocycles. The van der Waals surface area contributed by atoms with Crippen LogP contribution in [-0.4, -0.2) is 66.5 Å². The Morgan fingerprint density at radius 2 is 1.62 bits per heavy atom. The lowest BCUT2D eigenvalue weighted by molar-refractivity contribution is -0.136. The van der Waals surface area contributed by atoms with Gasteiger partial charge in [0.15, 0.2) is 0 Å². The number of ether oxygens (including phenoxy) is 1. The van der Waals surface area contributed by atoms with Gasteiger partial charge in [-0.1, -0.05) is 18.2 Å². The van der Waals surface area contributed by atoms with Gasteiger partial charge in [-0.3, -0.25) is 9.59 Å². The zero-order chi connectivity index (χ0) is 17.0. The molecule has 0 unspecified atom stereocenters. The number of piperidine rings is 1. The van der Waals surface area contributed by atoms with E-state index in [1.807, 2.05) is 40.1 Å². The second-order valence-electron chi connectivity index (χ2n) is 6.69. The number of carbonyl (C=O) groups is 2. The molecule has 6 heteroatoms. The molecule has 0 saturated carbocycles. The Labute approximate surface area is 142 Å². The Balaban J connectivity index is 1.53. The molecule has 0 spiro atoms. The van der Waals surface area contributed by atoms with Crippen molar-refractivity contribution in [1.29, 1.82) is 0 Å². The van der Waals surface area contributed by atoms with Crippen molar-refractivity contribution in [2.24, 2.45) is 5.73 Å². The van der Waals surface area contributed by atoms with E-state index < -0.39 is 5.54 Å². The first-order chi connectivity index (χ1) is 11.6. The first kappa shape index (κ1) is 16.9. The lowest BCUT2D eigenvalue weighted by atomic mass is 9.84. The predicted octanol–water partition coefficient (Wildman–Crippen LogP) is 0.869. The van der Waals surface area contributed by atoms with E-state index in [0.717, 1.165) is 0 Å². The molecule has 0 bridgehead atoms. The second-order valence-corrected chi connectivity index (χ2v) is 6.69. The largest absolute Gasteiger partial charge is 0.378 e. The SMILES string of the molecule is NC1(CC(=O)N2CCOCC2)CCN(C(=O)c2ccccc2)CC1. The van der Waals surface area contributed by atoms with Crippen molar-refractivity contribution in [2.75, 3.05) is 39.4 Å². The normalized spacial score (nSPS) is 20.7. The van der Waals surface area contributed by atoms with Crippen LogP contribution in [0.3, 0.4) is 0 Å². The van der Waals surface area contributed by atoms with Gasteiger partial charge in [0.1, 0.15) is 0 Å². The summed E-state index contributed by atoms with van der Waals surface area (Å²) < 4.78 is 5.28. The number of morpholine rings is 1. The lowest BCUT2D eigenvalue weighted by Crippen LogP contribution is -2.54. The summed E-state index contributed by atoms with van der Waals surface area (Å²) in [6.07, 6.45) is 1.66. The number of likely N-dealkylation sites (tertiary alicyclic amines) is 1. The van der Waals surface area contributed by atoms with E-state index in [9.17, 15) is 9.59 Å². The number of hydrogen-bond acceptors (Lipinski definition) is 4. The molecular formula is C18H25N3O3. The second kappa shape index (κ2) is 7.32. The van der Waals surface area contributed by atoms with Crippen molar-refractivity contribution >= 4 is 11.8 Å². The molecule has 0 atom stereocenters. The highest BCUT2D eigenvalue weighted by Gasteiger charge is 2.35. The van der Waals surface area contributed by atoms with Crippen LogP contribution < -0.4 is 5.73 Å². The molecule has 2 amide bonds. The first-order valence-corrected chi connectivity index (χ1v) is 8.56. The van der Waals surface area contributed by atoms with Gasteiger partial charge < -0.3 is 20.3 Å². The summed E-state index contributed by atoms with van der Waals surface area (Å²) in [7, 11) is 0. The van der Waals surface area contributed by atoms with Crippen molar-refractivity contribution in [1.82, 2.24) is 9.80 Å². The molecular weight excluding hydrogens is 306 g/mol. The van der Waals surface area contributed by atoms with Crippen molar-refractivity contribution in [3.05, 3.63) is 35.9 Å². The van der Waals surface area contributed by atoms with Crippen molar-refractivity contribution in [3.8, 4) is 0 Å². The van der Waals surface area contributed by atoms with Crippen molar-refractivity contribution in [2.45, 2.75) is 24.8 Å². The Morgan fingerprint density at radius 3 is 2.25 bits per heavy atom. The van der Waals surface area contributed by atoms with Crippen LogP contribution in [0, 0.1) is 0 Å². The van der Waals surface area contributed by atoms with Crippen LogP contribution >= 0.6 is 0 Å². The van der Waals surface area contributed by atoms with Gasteiger partial charge in [-0.15, -0.1) is 0 Å². The summed E-state index contributed by atoms with van der Waals surface area (Å²) in [6.45, 7) is 3.69. The molecule has 130 valence electrons. The van der Waals surface area contributed by atoms with Gasteiger partial charge in [-0.05, 0) is 25.0 Å². The monoisotopic (exact) mass is 331 g/mol. The molecule has 2 aliphatic rings. The highest BCUT2D eigenvalue weighted by atomic mass is 16.5. The fourth-order valence-corrected chi connectivity index (χ4v) is 3.32. The topological polar surface area (TPSA) is 75.9 Å². The molecule has 0 aromatic heterocycles. The molecule has 3 rings (SSSR count). The van der Waals surface area contributed by atoms with Gasteiger partial charge in [-0.2, -0.15) is 0 Å². The van der Waals surface area contributed by atoms with E-state index >= 15 is 0 Å². The molecule has 0 aliphatic carbocycles. The summed E-state index contributed by atoms with van der Waals surface area (Å²) >= 11 is 0. The average molecular weight is 331 g/mol. The van der Waals surface area contributed by atoms with Gasteiger partial charge in [0.2, 0.25) is 5.91 Å². The number of carbonyl (C=O) groups excluding carboxylic acids is 2. The van der Waals surface area contributed by atoms with E-state index in [1.165, 1.54) is 0 Å². The number of nitrogens with zero attached hydrogens (tertiary/aromatic N) is 2. The maximum Gasteiger partial charge on any atom is 0.253 e. The maximum atomic E-state index is 12.5. The Hall–Kier alpha value is -1.92. The zero-order valence-corrected chi connectivity index (χ0v) is 13.9. The van der Waals surface area contributed by atoms with Crippen LogP contribution in [-0.2, 0) is 9.53 Å². The Morgan fingerprint density at radius 1 is 1.00 bits per heavy atom. The van der Waals surface area contributed by atoms with E-state index in [1.54, 1.807) is 0 Å². The molecule has 2 aliphatic heterocycles. The number of benzene rings is 1. The molecule has 6 nitrogen and oxygen atoms in total. The fraction of sp³-hybridized carbons (Fsp3) is 0.556. The maximum absolute atomic E-state index is 12.5. The standard InChI is InChI=1S/C18H25N3O3/c19-18(14-16(22)20-10-12-24-13-11-20)6-8-21(9-7-18)17(23)15-4-2-1-3-5-15/h1-5H,6-14,19H2. The molecule has 2 fully saturated rings. The minimum Gasteiger partial charge on any atom is -0.378 e. The fourth-order valence-electron chi connectivity index (χ4n) is 3.32. The van der Waals surface area contributed by atoms with Crippen LogP contribution in [0.15, 0.2) is 30.3 Å². The third kappa shape index (κ3) is 3.94. The van der Waals surface area contributed by atoms with Crippen LogP contribution in [0.4, 0.5) is 0 Å². The summed E-state index contributed by atoms with van der Waals surface area (Å²) in [5, 5.41) is 0. The predicted molar refractivity (Wildman–Crippen MR) is 90.5 cm³/mol. The van der Waals surface area contributed by atoms with Crippen LogP contribution in [0.5, 0.6) is 0 Å². The summed E-state index contributed by atoms with van der Waals surface area (Å²) in [4.78, 5) is 28.6. The summed E-state index contributed by atoms with van der Waals surface area (Å²) in [6, 6.07) is 9.29. The molecule has 2 N–H and O–H groups in total. The van der Waals surface area contributed by atoms with E-state index in [-0.39, 0.29) is 11.8 Å². The van der Waals surface area contributed by atoms with Crippen molar-refractivity contribution < 1.29 is 14.3 Å². The summed E-state index contributed by atoms with van der Waals surface area (Å²) in [5.74, 6) is 0.140. The molecule has 1 aromatic rings. The van der Waals surface area contributed by atoms with Crippen molar-refractivity contribution in [3.63, 3.8) is 0 Å². The molecule has 1 aromatic carbocycles.